The molecule has 2 N–H and O–H groups in total. The molecule has 0 fully saturated rings. The van der Waals surface area contributed by atoms with Gasteiger partial charge in [-0.2, -0.15) is 11.8 Å². The van der Waals surface area contributed by atoms with Crippen LogP contribution in [0.4, 0.5) is 0 Å². The van der Waals surface area contributed by atoms with Crippen molar-refractivity contribution in [1.82, 2.24) is 15.5 Å². The summed E-state index contributed by atoms with van der Waals surface area (Å²) in [5.74, 6) is 1.27. The summed E-state index contributed by atoms with van der Waals surface area (Å²) in [6.07, 6.45) is 7.50. The van der Waals surface area contributed by atoms with Crippen molar-refractivity contribution in [2.24, 2.45) is 5.92 Å². The van der Waals surface area contributed by atoms with Crippen LogP contribution in [0.3, 0.4) is 0 Å². The number of hydrogen-bond donors (Lipinski definition) is 2. The molecule has 31 heavy (non-hydrogen) atoms. The maximum absolute atomic E-state index is 11.9. The summed E-state index contributed by atoms with van der Waals surface area (Å²) in [5, 5.41) is 6.66. The fourth-order valence-electron chi connectivity index (χ4n) is 2.77. The van der Waals surface area contributed by atoms with Gasteiger partial charge in [-0.25, -0.2) is 0 Å². The molecule has 0 aliphatic carbocycles. The van der Waals surface area contributed by atoms with Gasteiger partial charge in [0.05, 0.1) is 12.3 Å². The molecule has 0 radical (unpaired) electrons. The van der Waals surface area contributed by atoms with Crippen LogP contribution >= 0.6 is 11.8 Å². The molecular weight excluding hydrogens is 414 g/mol. The van der Waals surface area contributed by atoms with Crippen LogP contribution < -0.4 is 10.6 Å². The van der Waals surface area contributed by atoms with Crippen molar-refractivity contribution in [3.05, 3.63) is 0 Å². The molecule has 0 amide bonds. The number of ether oxygens (including phenoxy) is 2. The van der Waals surface area contributed by atoms with Crippen LogP contribution in [0.2, 0.25) is 0 Å². The molecule has 8 heteroatoms. The first-order chi connectivity index (χ1) is 15.0. The smallest absolute Gasteiger partial charge is 0.309 e. The van der Waals surface area contributed by atoms with E-state index in [2.05, 4.69) is 36.6 Å². The van der Waals surface area contributed by atoms with E-state index in [1.165, 1.54) is 25.7 Å². The molecule has 1 unspecified atom stereocenters. The first-order valence-electron chi connectivity index (χ1n) is 11.9. The van der Waals surface area contributed by atoms with E-state index >= 15 is 0 Å². The molecule has 0 saturated carbocycles. The number of esters is 2. The second-order valence-corrected chi connectivity index (χ2v) is 9.33. The van der Waals surface area contributed by atoms with Crippen LogP contribution in [-0.4, -0.2) is 88.4 Å². The van der Waals surface area contributed by atoms with E-state index in [1.807, 2.05) is 6.92 Å². The summed E-state index contributed by atoms with van der Waals surface area (Å²) in [5.41, 5.74) is 0. The van der Waals surface area contributed by atoms with E-state index in [0.29, 0.717) is 13.0 Å². The van der Waals surface area contributed by atoms with E-state index < -0.39 is 0 Å². The number of nitrogens with zero attached hydrogens (tertiary/aromatic N) is 1. The lowest BCUT2D eigenvalue weighted by Crippen LogP contribution is -2.26. The zero-order chi connectivity index (χ0) is 23.2. The van der Waals surface area contributed by atoms with Gasteiger partial charge in [0.15, 0.2) is 0 Å². The van der Waals surface area contributed by atoms with Gasteiger partial charge in [-0.1, -0.05) is 33.1 Å². The van der Waals surface area contributed by atoms with Crippen LogP contribution in [-0.2, 0) is 19.1 Å². The molecule has 1 atom stereocenters. The minimum absolute atomic E-state index is 0.123. The summed E-state index contributed by atoms with van der Waals surface area (Å²) >= 11 is 1.81. The predicted octanol–water partition coefficient (Wildman–Crippen LogP) is 2.93. The number of hydrogen-bond acceptors (Lipinski definition) is 8. The molecule has 7 nitrogen and oxygen atoms in total. The van der Waals surface area contributed by atoms with Gasteiger partial charge in [0.2, 0.25) is 0 Å². The maximum atomic E-state index is 11.9. The molecule has 0 aromatic heterocycles. The van der Waals surface area contributed by atoms with Gasteiger partial charge in [-0.05, 0) is 65.3 Å². The fourth-order valence-corrected chi connectivity index (χ4v) is 3.83. The first-order valence-corrected chi connectivity index (χ1v) is 13.1. The van der Waals surface area contributed by atoms with Crippen LogP contribution in [0.25, 0.3) is 0 Å². The molecule has 0 aliphatic heterocycles. The van der Waals surface area contributed by atoms with E-state index in [-0.39, 0.29) is 31.1 Å². The standard InChI is InChI=1S/C23H47N3O4S/c1-5-6-7-8-19-31-20-21(2)23(28)30-18-17-29-22(27)11-15-25-13-9-12-24-14-10-16-26(3)4/h21,24-25H,5-20H2,1-4H3. The molecule has 0 aromatic rings. The van der Waals surface area contributed by atoms with Crippen LogP contribution in [0, 0.1) is 5.92 Å². The number of carbonyl (C=O) groups excluding carboxylic acids is 2. The second-order valence-electron chi connectivity index (χ2n) is 8.18. The number of unbranched alkanes of at least 4 members (excludes halogenated alkanes) is 3. The summed E-state index contributed by atoms with van der Waals surface area (Å²) in [6, 6.07) is 0. The molecule has 0 spiro atoms. The minimum Gasteiger partial charge on any atom is -0.462 e. The monoisotopic (exact) mass is 461 g/mol. The van der Waals surface area contributed by atoms with Gasteiger partial charge in [0, 0.05) is 12.3 Å². The third-order valence-electron chi connectivity index (χ3n) is 4.68. The van der Waals surface area contributed by atoms with E-state index in [9.17, 15) is 9.59 Å². The van der Waals surface area contributed by atoms with E-state index in [0.717, 1.165) is 50.5 Å². The Balaban J connectivity index is 3.44. The Labute approximate surface area is 194 Å². The molecule has 0 bridgehead atoms. The van der Waals surface area contributed by atoms with Gasteiger partial charge in [0.1, 0.15) is 13.2 Å². The minimum atomic E-state index is -0.263. The van der Waals surface area contributed by atoms with Gasteiger partial charge < -0.3 is 25.0 Å². The molecule has 0 heterocycles. The lowest BCUT2D eigenvalue weighted by atomic mass is 10.2. The topological polar surface area (TPSA) is 79.9 Å². The second kappa shape index (κ2) is 22.4. The lowest BCUT2D eigenvalue weighted by molar-refractivity contribution is -0.154. The first kappa shape index (κ1) is 30.2. The molecule has 184 valence electrons. The summed E-state index contributed by atoms with van der Waals surface area (Å²) < 4.78 is 10.3. The van der Waals surface area contributed by atoms with Crippen LogP contribution in [0.15, 0.2) is 0 Å². The number of carbonyl (C=O) groups is 2. The number of nitrogens with one attached hydrogen (secondary N) is 2. The van der Waals surface area contributed by atoms with E-state index in [4.69, 9.17) is 9.47 Å². The highest BCUT2D eigenvalue weighted by atomic mass is 32.2. The molecule has 0 aromatic carbocycles. The summed E-state index contributed by atoms with van der Waals surface area (Å²) in [4.78, 5) is 25.8. The molecular formula is C23H47N3O4S. The Kier molecular flexibility index (Phi) is 21.8. The zero-order valence-electron chi connectivity index (χ0n) is 20.4. The van der Waals surface area contributed by atoms with Crippen molar-refractivity contribution >= 4 is 23.7 Å². The third-order valence-corrected chi connectivity index (χ3v) is 5.99. The predicted molar refractivity (Wildman–Crippen MR) is 131 cm³/mol. The van der Waals surface area contributed by atoms with Gasteiger partial charge in [0.25, 0.3) is 0 Å². The number of rotatable bonds is 22. The molecule has 0 aliphatic rings. The average Bonchev–Trinajstić information content (AvgIpc) is 2.74. The maximum Gasteiger partial charge on any atom is 0.309 e. The van der Waals surface area contributed by atoms with E-state index in [1.54, 1.807) is 11.8 Å². The van der Waals surface area contributed by atoms with Crippen LogP contribution in [0.1, 0.15) is 58.8 Å². The average molecular weight is 462 g/mol. The van der Waals surface area contributed by atoms with Crippen LogP contribution in [0.5, 0.6) is 0 Å². The number of thioether (sulfide) groups is 1. The third kappa shape index (κ3) is 22.2. The quantitative estimate of drug-likeness (QED) is 0.188. The zero-order valence-corrected chi connectivity index (χ0v) is 21.2. The highest BCUT2D eigenvalue weighted by Crippen LogP contribution is 2.13. The molecule has 0 rings (SSSR count). The highest BCUT2D eigenvalue weighted by molar-refractivity contribution is 7.99. The summed E-state index contributed by atoms with van der Waals surface area (Å²) in [7, 11) is 4.17. The van der Waals surface area contributed by atoms with Crippen molar-refractivity contribution in [1.29, 1.82) is 0 Å². The fraction of sp³-hybridized carbons (Fsp3) is 0.913. The van der Waals surface area contributed by atoms with Crippen molar-refractivity contribution in [3.8, 4) is 0 Å². The highest BCUT2D eigenvalue weighted by Gasteiger charge is 2.14. The van der Waals surface area contributed by atoms with Gasteiger partial charge >= 0.3 is 11.9 Å². The Morgan fingerprint density at radius 3 is 2.29 bits per heavy atom. The van der Waals surface area contributed by atoms with Gasteiger partial charge in [-0.15, -0.1) is 0 Å². The lowest BCUT2D eigenvalue weighted by Gasteiger charge is -2.11. The SMILES string of the molecule is CCCCCCSCC(C)C(=O)OCCOC(=O)CCNCCCNCCCN(C)C. The normalized spacial score (nSPS) is 12.2. The molecule has 0 saturated heterocycles. The Hall–Kier alpha value is -0.830. The van der Waals surface area contributed by atoms with Crippen molar-refractivity contribution in [2.75, 3.05) is 71.5 Å². The van der Waals surface area contributed by atoms with Crippen molar-refractivity contribution < 1.29 is 19.1 Å². The van der Waals surface area contributed by atoms with Crippen molar-refractivity contribution in [3.63, 3.8) is 0 Å². The Bertz CT molecular complexity index is 439. The van der Waals surface area contributed by atoms with Gasteiger partial charge in [-0.3, -0.25) is 9.59 Å². The Morgan fingerprint density at radius 2 is 1.58 bits per heavy atom. The summed E-state index contributed by atoms with van der Waals surface area (Å²) in [6.45, 7) is 8.93. The van der Waals surface area contributed by atoms with Crippen molar-refractivity contribution in [2.45, 2.75) is 58.8 Å². The largest absolute Gasteiger partial charge is 0.462 e. The Morgan fingerprint density at radius 1 is 0.903 bits per heavy atom.